The van der Waals surface area contributed by atoms with Crippen molar-refractivity contribution in [3.8, 4) is 0 Å². The number of esters is 1. The molecule has 2 aromatic carbocycles. The molecule has 20 heavy (non-hydrogen) atoms. The molecular weight excluding hydrogens is 250 g/mol. The van der Waals surface area contributed by atoms with E-state index in [9.17, 15) is 4.79 Å². The van der Waals surface area contributed by atoms with Gasteiger partial charge in [-0.1, -0.05) is 30.3 Å². The largest absolute Gasteiger partial charge is 0.469 e. The molecule has 102 valence electrons. The summed E-state index contributed by atoms with van der Waals surface area (Å²) in [5.41, 5.74) is 3.33. The highest BCUT2D eigenvalue weighted by molar-refractivity contribution is 6.10. The van der Waals surface area contributed by atoms with E-state index in [1.54, 1.807) is 0 Å². The number of hydrogen-bond donors (Lipinski definition) is 0. The van der Waals surface area contributed by atoms with E-state index in [1.165, 1.54) is 18.0 Å². The Kier molecular flexibility index (Phi) is 2.97. The van der Waals surface area contributed by atoms with Gasteiger partial charge < -0.3 is 9.30 Å². The first kappa shape index (κ1) is 12.7. The summed E-state index contributed by atoms with van der Waals surface area (Å²) in [5.74, 6) is -0.472. The fraction of sp³-hybridized carbons (Fsp3) is 0.235. The smallest absolute Gasteiger partial charge is 0.312 e. The third-order valence-electron chi connectivity index (χ3n) is 3.99. The van der Waals surface area contributed by atoms with Crippen LogP contribution >= 0.6 is 0 Å². The van der Waals surface area contributed by atoms with E-state index >= 15 is 0 Å². The van der Waals surface area contributed by atoms with Gasteiger partial charge in [-0.25, -0.2) is 0 Å². The lowest BCUT2D eigenvalue weighted by Gasteiger charge is -2.11. The highest BCUT2D eigenvalue weighted by Gasteiger charge is 2.20. The Balaban J connectivity index is 2.39. The van der Waals surface area contributed by atoms with Crippen molar-refractivity contribution < 1.29 is 9.53 Å². The molecule has 3 heteroatoms. The van der Waals surface area contributed by atoms with Crippen molar-refractivity contribution in [2.24, 2.45) is 7.05 Å². The zero-order valence-corrected chi connectivity index (χ0v) is 11.9. The highest BCUT2D eigenvalue weighted by Crippen LogP contribution is 2.34. The van der Waals surface area contributed by atoms with Crippen molar-refractivity contribution in [3.63, 3.8) is 0 Å². The summed E-state index contributed by atoms with van der Waals surface area (Å²) in [7, 11) is 3.49. The molecule has 0 bridgehead atoms. The van der Waals surface area contributed by atoms with E-state index in [4.69, 9.17) is 4.74 Å². The molecule has 1 heterocycles. The van der Waals surface area contributed by atoms with Crippen LogP contribution in [-0.2, 0) is 16.6 Å². The van der Waals surface area contributed by atoms with E-state index in [0.29, 0.717) is 0 Å². The SMILES string of the molecule is COC(=O)C(C)c1cccc2c1c1ccccc1n2C. The average Bonchev–Trinajstić information content (AvgIpc) is 2.80. The van der Waals surface area contributed by atoms with Crippen LogP contribution in [0, 0.1) is 0 Å². The number of nitrogens with zero attached hydrogens (tertiary/aromatic N) is 1. The van der Waals surface area contributed by atoms with Crippen molar-refractivity contribution in [2.75, 3.05) is 7.11 Å². The molecular formula is C17H17NO2. The number of methoxy groups -OCH3 is 1. The molecule has 0 saturated heterocycles. The van der Waals surface area contributed by atoms with Crippen molar-refractivity contribution >= 4 is 27.8 Å². The fourth-order valence-electron chi connectivity index (χ4n) is 2.90. The van der Waals surface area contributed by atoms with Crippen LogP contribution < -0.4 is 0 Å². The van der Waals surface area contributed by atoms with Crippen molar-refractivity contribution in [2.45, 2.75) is 12.8 Å². The van der Waals surface area contributed by atoms with Crippen LogP contribution in [0.3, 0.4) is 0 Å². The molecule has 1 unspecified atom stereocenters. The summed E-state index contributed by atoms with van der Waals surface area (Å²) in [4.78, 5) is 11.9. The Morgan fingerprint density at radius 3 is 2.55 bits per heavy atom. The van der Waals surface area contributed by atoms with E-state index in [1.807, 2.05) is 31.2 Å². The molecule has 3 rings (SSSR count). The quantitative estimate of drug-likeness (QED) is 0.664. The first-order chi connectivity index (χ1) is 9.65. The molecule has 0 aliphatic heterocycles. The molecule has 1 atom stereocenters. The van der Waals surface area contributed by atoms with Crippen LogP contribution in [0.25, 0.3) is 21.8 Å². The van der Waals surface area contributed by atoms with Gasteiger partial charge in [0.2, 0.25) is 0 Å². The number of ether oxygens (including phenoxy) is 1. The second-order valence-electron chi connectivity index (χ2n) is 5.06. The normalized spacial score (nSPS) is 12.8. The molecule has 0 amide bonds. The highest BCUT2D eigenvalue weighted by atomic mass is 16.5. The molecule has 3 nitrogen and oxygen atoms in total. The molecule has 0 aliphatic rings. The Bertz CT molecular complexity index is 801. The lowest BCUT2D eigenvalue weighted by Crippen LogP contribution is -2.11. The maximum Gasteiger partial charge on any atom is 0.312 e. The average molecular weight is 267 g/mol. The number of aromatic nitrogens is 1. The van der Waals surface area contributed by atoms with Crippen molar-refractivity contribution in [1.82, 2.24) is 4.57 Å². The van der Waals surface area contributed by atoms with Gasteiger partial charge in [-0.05, 0) is 24.6 Å². The Morgan fingerprint density at radius 2 is 1.80 bits per heavy atom. The summed E-state index contributed by atoms with van der Waals surface area (Å²) in [6.07, 6.45) is 0. The minimum Gasteiger partial charge on any atom is -0.469 e. The number of carbonyl (C=O) groups is 1. The fourth-order valence-corrected chi connectivity index (χ4v) is 2.90. The van der Waals surface area contributed by atoms with Gasteiger partial charge in [-0.15, -0.1) is 0 Å². The predicted octanol–water partition coefficient (Wildman–Crippen LogP) is 3.61. The summed E-state index contributed by atoms with van der Waals surface area (Å²) in [6.45, 7) is 1.89. The Hall–Kier alpha value is -2.29. The standard InChI is InChI=1S/C17H17NO2/c1-11(17(19)20-3)12-8-6-10-15-16(12)13-7-4-5-9-14(13)18(15)2/h4-11H,1-3H3. The van der Waals surface area contributed by atoms with Gasteiger partial charge in [0.15, 0.2) is 0 Å². The lowest BCUT2D eigenvalue weighted by molar-refractivity contribution is -0.141. The summed E-state index contributed by atoms with van der Waals surface area (Å²) < 4.78 is 7.05. The van der Waals surface area contributed by atoms with Crippen LogP contribution in [0.2, 0.25) is 0 Å². The minimum absolute atomic E-state index is 0.203. The van der Waals surface area contributed by atoms with Gasteiger partial charge >= 0.3 is 5.97 Å². The molecule has 3 aromatic rings. The monoisotopic (exact) mass is 267 g/mol. The molecule has 1 aromatic heterocycles. The van der Waals surface area contributed by atoms with Crippen LogP contribution in [0.1, 0.15) is 18.4 Å². The summed E-state index contributed by atoms with van der Waals surface area (Å²) >= 11 is 0. The van der Waals surface area contributed by atoms with Gasteiger partial charge in [-0.2, -0.15) is 0 Å². The van der Waals surface area contributed by atoms with E-state index < -0.39 is 0 Å². The topological polar surface area (TPSA) is 31.2 Å². The molecule has 0 spiro atoms. The second-order valence-corrected chi connectivity index (χ2v) is 5.06. The third-order valence-corrected chi connectivity index (χ3v) is 3.99. The van der Waals surface area contributed by atoms with Crippen molar-refractivity contribution in [1.29, 1.82) is 0 Å². The van der Waals surface area contributed by atoms with E-state index in [0.717, 1.165) is 16.5 Å². The zero-order valence-electron chi connectivity index (χ0n) is 11.9. The second kappa shape index (κ2) is 4.67. The number of aryl methyl sites for hydroxylation is 1. The first-order valence-electron chi connectivity index (χ1n) is 6.69. The predicted molar refractivity (Wildman–Crippen MR) is 80.9 cm³/mol. The molecule has 0 fully saturated rings. The number of hydrogen-bond acceptors (Lipinski definition) is 2. The number of rotatable bonds is 2. The van der Waals surface area contributed by atoms with Gasteiger partial charge in [0.25, 0.3) is 0 Å². The van der Waals surface area contributed by atoms with Gasteiger partial charge in [0.1, 0.15) is 0 Å². The van der Waals surface area contributed by atoms with Crippen LogP contribution in [0.5, 0.6) is 0 Å². The van der Waals surface area contributed by atoms with Gasteiger partial charge in [0.05, 0.1) is 13.0 Å². The number of benzene rings is 2. The summed E-state index contributed by atoms with van der Waals surface area (Å²) in [5, 5.41) is 2.32. The van der Waals surface area contributed by atoms with E-state index in [-0.39, 0.29) is 11.9 Å². The maximum atomic E-state index is 11.9. The lowest BCUT2D eigenvalue weighted by atomic mass is 9.96. The molecule has 0 aliphatic carbocycles. The maximum absolute atomic E-state index is 11.9. The number of carbonyl (C=O) groups excluding carboxylic acids is 1. The number of para-hydroxylation sites is 1. The van der Waals surface area contributed by atoms with Crippen LogP contribution in [0.4, 0.5) is 0 Å². The molecule has 0 radical (unpaired) electrons. The molecule has 0 saturated carbocycles. The third kappa shape index (κ3) is 1.70. The van der Waals surface area contributed by atoms with Crippen LogP contribution in [-0.4, -0.2) is 17.6 Å². The molecule has 0 N–H and O–H groups in total. The van der Waals surface area contributed by atoms with Gasteiger partial charge in [0, 0.05) is 28.9 Å². The van der Waals surface area contributed by atoms with E-state index in [2.05, 4.69) is 29.8 Å². The zero-order chi connectivity index (χ0) is 14.3. The number of fused-ring (bicyclic) bond motifs is 3. The van der Waals surface area contributed by atoms with Gasteiger partial charge in [-0.3, -0.25) is 4.79 Å². The summed E-state index contributed by atoms with van der Waals surface area (Å²) in [6, 6.07) is 14.4. The minimum atomic E-state index is -0.269. The first-order valence-corrected chi connectivity index (χ1v) is 6.69. The van der Waals surface area contributed by atoms with Crippen LogP contribution in [0.15, 0.2) is 42.5 Å². The Labute approximate surface area is 117 Å². The van der Waals surface area contributed by atoms with Crippen molar-refractivity contribution in [3.05, 3.63) is 48.0 Å². The Morgan fingerprint density at radius 1 is 1.10 bits per heavy atom.